The molecule has 0 saturated carbocycles. The molecule has 2 aromatic heterocycles. The van der Waals surface area contributed by atoms with E-state index in [1.807, 2.05) is 0 Å². The molecule has 0 aliphatic rings. The molecule has 0 spiro atoms. The summed E-state index contributed by atoms with van der Waals surface area (Å²) < 4.78 is 28.3. The van der Waals surface area contributed by atoms with E-state index in [1.165, 1.54) is 6.92 Å². The van der Waals surface area contributed by atoms with Crippen molar-refractivity contribution in [2.24, 2.45) is 0 Å². The van der Waals surface area contributed by atoms with Gasteiger partial charge in [-0.15, -0.1) is 0 Å². The maximum atomic E-state index is 12.1. The molecule has 0 unspecified atom stereocenters. The number of carboxylic acids is 1. The van der Waals surface area contributed by atoms with Gasteiger partial charge in [0.25, 0.3) is 0 Å². The van der Waals surface area contributed by atoms with Crippen LogP contribution in [0.1, 0.15) is 22.6 Å². The lowest BCUT2D eigenvalue weighted by Crippen LogP contribution is -2.27. The van der Waals surface area contributed by atoms with Crippen molar-refractivity contribution in [1.29, 1.82) is 0 Å². The number of hydrogen-bond acceptors (Lipinski definition) is 5. The molecule has 0 bridgehead atoms. The van der Waals surface area contributed by atoms with Crippen LogP contribution in [0.25, 0.3) is 0 Å². The third-order valence-electron chi connectivity index (χ3n) is 2.78. The molecule has 2 rings (SSSR count). The summed E-state index contributed by atoms with van der Waals surface area (Å²) in [7, 11) is -3.92. The first-order valence-electron chi connectivity index (χ1n) is 6.17. The molecule has 0 aliphatic carbocycles. The van der Waals surface area contributed by atoms with Crippen molar-refractivity contribution in [1.82, 2.24) is 24.7 Å². The second-order valence-electron chi connectivity index (χ2n) is 4.35. The van der Waals surface area contributed by atoms with Gasteiger partial charge in [-0.05, 0) is 19.4 Å². The number of sulfonamides is 1. The average Bonchev–Trinajstić information content (AvgIpc) is 3.03. The van der Waals surface area contributed by atoms with E-state index in [1.54, 1.807) is 23.1 Å². The number of rotatable bonds is 7. The number of H-pyrrole nitrogens is 1. The van der Waals surface area contributed by atoms with Crippen molar-refractivity contribution in [2.75, 3.05) is 6.54 Å². The monoisotopic (exact) mass is 313 g/mol. The van der Waals surface area contributed by atoms with Crippen molar-refractivity contribution in [3.63, 3.8) is 0 Å². The number of hydrogen-bond donors (Lipinski definition) is 3. The number of nitrogens with zero attached hydrogens (tertiary/aromatic N) is 3. The number of carboxylic acid groups (broad SMARTS) is 1. The summed E-state index contributed by atoms with van der Waals surface area (Å²) >= 11 is 0. The van der Waals surface area contributed by atoms with E-state index < -0.39 is 21.7 Å². The van der Waals surface area contributed by atoms with E-state index in [0.717, 1.165) is 0 Å². The van der Waals surface area contributed by atoms with Crippen LogP contribution in [0.5, 0.6) is 0 Å². The van der Waals surface area contributed by atoms with Crippen LogP contribution in [-0.2, 0) is 16.6 Å². The lowest BCUT2D eigenvalue weighted by atomic mass is 10.4. The summed E-state index contributed by atoms with van der Waals surface area (Å²) in [6, 6.07) is 1.78. The summed E-state index contributed by atoms with van der Waals surface area (Å²) in [5.74, 6) is -1.39. The Bertz CT molecular complexity index is 720. The molecule has 0 aromatic carbocycles. The molecule has 0 amide bonds. The molecule has 10 heteroatoms. The van der Waals surface area contributed by atoms with Crippen LogP contribution < -0.4 is 4.72 Å². The van der Waals surface area contributed by atoms with E-state index in [4.69, 9.17) is 5.11 Å². The van der Waals surface area contributed by atoms with E-state index in [-0.39, 0.29) is 17.1 Å². The van der Waals surface area contributed by atoms with Crippen LogP contribution >= 0.6 is 0 Å². The number of carbonyl (C=O) groups is 1. The van der Waals surface area contributed by atoms with Crippen LogP contribution in [0.2, 0.25) is 0 Å². The largest absolute Gasteiger partial charge is 0.476 e. The number of aromatic carboxylic acids is 1. The molecular weight excluding hydrogens is 298 g/mol. The van der Waals surface area contributed by atoms with E-state index in [9.17, 15) is 13.2 Å². The fourth-order valence-corrected chi connectivity index (χ4v) is 3.24. The van der Waals surface area contributed by atoms with Gasteiger partial charge >= 0.3 is 5.97 Å². The Morgan fingerprint density at radius 1 is 1.52 bits per heavy atom. The van der Waals surface area contributed by atoms with Crippen LogP contribution in [0.4, 0.5) is 0 Å². The lowest BCUT2D eigenvalue weighted by Gasteiger charge is -2.07. The summed E-state index contributed by atoms with van der Waals surface area (Å²) in [6.07, 6.45) is 3.94. The van der Waals surface area contributed by atoms with Crippen molar-refractivity contribution >= 4 is 16.0 Å². The van der Waals surface area contributed by atoms with Crippen molar-refractivity contribution in [3.8, 4) is 0 Å². The molecule has 0 radical (unpaired) electrons. The van der Waals surface area contributed by atoms with Gasteiger partial charge in [0, 0.05) is 25.5 Å². The highest BCUT2D eigenvalue weighted by Crippen LogP contribution is 2.17. The van der Waals surface area contributed by atoms with Crippen LogP contribution in [0, 0.1) is 6.92 Å². The Morgan fingerprint density at radius 3 is 2.90 bits per heavy atom. The molecule has 0 aliphatic heterocycles. The third kappa shape index (κ3) is 3.47. The minimum Gasteiger partial charge on any atom is -0.476 e. The highest BCUT2D eigenvalue weighted by Gasteiger charge is 2.27. The first-order valence-corrected chi connectivity index (χ1v) is 7.65. The van der Waals surface area contributed by atoms with E-state index in [2.05, 4.69) is 20.0 Å². The molecular formula is C11H15N5O4S. The first kappa shape index (κ1) is 15.2. The van der Waals surface area contributed by atoms with Crippen LogP contribution in [0.3, 0.4) is 0 Å². The molecule has 0 saturated heterocycles. The predicted molar refractivity (Wildman–Crippen MR) is 72.3 cm³/mol. The fraction of sp³-hybridized carbons (Fsp3) is 0.364. The van der Waals surface area contributed by atoms with Crippen molar-refractivity contribution < 1.29 is 18.3 Å². The van der Waals surface area contributed by atoms with Crippen molar-refractivity contribution in [2.45, 2.75) is 24.8 Å². The maximum absolute atomic E-state index is 12.1. The first-order chi connectivity index (χ1) is 9.92. The third-order valence-corrected chi connectivity index (χ3v) is 4.40. The van der Waals surface area contributed by atoms with Gasteiger partial charge in [0.05, 0.1) is 5.69 Å². The molecule has 3 N–H and O–H groups in total. The molecule has 0 fully saturated rings. The van der Waals surface area contributed by atoms with Gasteiger partial charge in [-0.25, -0.2) is 17.9 Å². The van der Waals surface area contributed by atoms with Gasteiger partial charge in [0.1, 0.15) is 4.90 Å². The number of aromatic amines is 1. The van der Waals surface area contributed by atoms with Crippen LogP contribution in [0.15, 0.2) is 23.4 Å². The quantitative estimate of drug-likeness (QED) is 0.616. The summed E-state index contributed by atoms with van der Waals surface area (Å²) in [5, 5.41) is 18.8. The minimum absolute atomic E-state index is 0.172. The molecule has 114 valence electrons. The number of aryl methyl sites for hydroxylation is 2. The Morgan fingerprint density at radius 2 is 2.29 bits per heavy atom. The topological polar surface area (TPSA) is 130 Å². The second-order valence-corrected chi connectivity index (χ2v) is 6.06. The standard InChI is InChI=1S/C11H15N5O4S/c1-8-10(9(11(17)18)15-14-8)21(19,20)13-5-3-7-16-6-2-4-12-16/h2,4,6,13H,3,5,7H2,1H3,(H,14,15)(H,17,18). The van der Waals surface area contributed by atoms with Gasteiger partial charge in [-0.1, -0.05) is 0 Å². The molecule has 2 heterocycles. The molecule has 21 heavy (non-hydrogen) atoms. The van der Waals surface area contributed by atoms with Gasteiger partial charge in [0.15, 0.2) is 5.69 Å². The highest BCUT2D eigenvalue weighted by molar-refractivity contribution is 7.89. The van der Waals surface area contributed by atoms with E-state index in [0.29, 0.717) is 13.0 Å². The fourth-order valence-electron chi connectivity index (χ4n) is 1.85. The Hall–Kier alpha value is -2.20. The Balaban J connectivity index is 2.02. The summed E-state index contributed by atoms with van der Waals surface area (Å²) in [5.41, 5.74) is -0.320. The van der Waals surface area contributed by atoms with Crippen LogP contribution in [-0.4, -0.2) is 46.0 Å². The van der Waals surface area contributed by atoms with Gasteiger partial charge in [0.2, 0.25) is 10.0 Å². The van der Waals surface area contributed by atoms with Gasteiger partial charge in [-0.2, -0.15) is 10.2 Å². The minimum atomic E-state index is -3.92. The van der Waals surface area contributed by atoms with Gasteiger partial charge < -0.3 is 5.11 Å². The molecule has 9 nitrogen and oxygen atoms in total. The normalized spacial score (nSPS) is 11.7. The average molecular weight is 313 g/mol. The number of aromatic nitrogens is 4. The highest BCUT2D eigenvalue weighted by atomic mass is 32.2. The second kappa shape index (κ2) is 6.06. The SMILES string of the molecule is Cc1[nH]nc(C(=O)O)c1S(=O)(=O)NCCCn1cccn1. The predicted octanol–water partition coefficient (Wildman–Crippen LogP) is -0.0186. The zero-order valence-electron chi connectivity index (χ0n) is 11.3. The Kier molecular flexibility index (Phi) is 4.38. The smallest absolute Gasteiger partial charge is 0.357 e. The maximum Gasteiger partial charge on any atom is 0.357 e. The molecule has 0 atom stereocenters. The zero-order chi connectivity index (χ0) is 15.5. The summed E-state index contributed by atoms with van der Waals surface area (Å²) in [6.45, 7) is 2.19. The molecule has 2 aromatic rings. The number of nitrogens with one attached hydrogen (secondary N) is 2. The Labute approximate surface area is 121 Å². The zero-order valence-corrected chi connectivity index (χ0v) is 12.1. The van der Waals surface area contributed by atoms with Crippen molar-refractivity contribution in [3.05, 3.63) is 29.8 Å². The van der Waals surface area contributed by atoms with Gasteiger partial charge in [-0.3, -0.25) is 9.78 Å². The van der Waals surface area contributed by atoms with E-state index >= 15 is 0 Å². The summed E-state index contributed by atoms with van der Waals surface area (Å²) in [4.78, 5) is 10.7. The lowest BCUT2D eigenvalue weighted by molar-refractivity contribution is 0.0686.